The number of nitriles is 1. The number of ether oxygens (including phenoxy) is 3. The minimum Gasteiger partial charge on any atom is -0.493 e. The van der Waals surface area contributed by atoms with Gasteiger partial charge in [-0.3, -0.25) is 10.1 Å². The zero-order chi connectivity index (χ0) is 28.1. The van der Waals surface area contributed by atoms with Crippen molar-refractivity contribution >= 4 is 28.1 Å². The normalized spacial score (nSPS) is 10.5. The Balaban J connectivity index is 0.000000293. The van der Waals surface area contributed by atoms with E-state index in [4.69, 9.17) is 19.5 Å². The number of aryl methyl sites for hydroxylation is 2. The van der Waals surface area contributed by atoms with Crippen LogP contribution in [0, 0.1) is 25.2 Å². The number of amides is 1. The lowest BCUT2D eigenvalue weighted by molar-refractivity contribution is -0.115. The molecule has 0 spiro atoms. The van der Waals surface area contributed by atoms with Gasteiger partial charge in [-0.05, 0) is 37.1 Å². The van der Waals surface area contributed by atoms with Crippen LogP contribution in [0.1, 0.15) is 49.7 Å². The number of hydrogen-bond donors (Lipinski definition) is 2. The van der Waals surface area contributed by atoms with Crippen molar-refractivity contribution in [3.05, 3.63) is 52.5 Å². The van der Waals surface area contributed by atoms with Crippen LogP contribution in [0.25, 0.3) is 0 Å². The van der Waals surface area contributed by atoms with Gasteiger partial charge in [-0.1, -0.05) is 50.3 Å². The van der Waals surface area contributed by atoms with Crippen molar-refractivity contribution in [3.63, 3.8) is 0 Å². The van der Waals surface area contributed by atoms with Gasteiger partial charge < -0.3 is 19.5 Å². The molecule has 1 amide bonds. The fraction of sp³-hybridized carbons (Fsp3) is 0.429. The molecule has 2 aromatic carbocycles. The Morgan fingerprint density at radius 1 is 1.05 bits per heavy atom. The van der Waals surface area contributed by atoms with Crippen molar-refractivity contribution < 1.29 is 19.0 Å². The first-order chi connectivity index (χ1) is 18.1. The van der Waals surface area contributed by atoms with Gasteiger partial charge in [0, 0.05) is 30.6 Å². The third-order valence-electron chi connectivity index (χ3n) is 5.21. The van der Waals surface area contributed by atoms with Gasteiger partial charge in [-0.2, -0.15) is 5.26 Å². The number of anilines is 2. The molecule has 1 aromatic heterocycles. The van der Waals surface area contributed by atoms with Gasteiger partial charge in [-0.25, -0.2) is 0 Å². The summed E-state index contributed by atoms with van der Waals surface area (Å²) < 4.78 is 17.0. The predicted octanol–water partition coefficient (Wildman–Crippen LogP) is 5.89. The first-order valence-corrected chi connectivity index (χ1v) is 13.1. The van der Waals surface area contributed by atoms with E-state index in [1.807, 2.05) is 52.1 Å². The molecule has 0 unspecified atom stereocenters. The minimum absolute atomic E-state index is 0.0735. The average Bonchev–Trinajstić information content (AvgIpc) is 3.35. The van der Waals surface area contributed by atoms with Crippen LogP contribution in [0.2, 0.25) is 0 Å². The average molecular weight is 540 g/mol. The lowest BCUT2D eigenvalue weighted by atomic mass is 9.98. The molecule has 0 radical (unpaired) electrons. The van der Waals surface area contributed by atoms with Gasteiger partial charge in [0.1, 0.15) is 17.2 Å². The highest BCUT2D eigenvalue weighted by atomic mass is 32.1. The molecule has 2 N–H and O–H groups in total. The molecule has 1 heterocycles. The van der Waals surface area contributed by atoms with Crippen LogP contribution in [-0.4, -0.2) is 43.5 Å². The Morgan fingerprint density at radius 3 is 2.32 bits per heavy atom. The number of nitrogens with one attached hydrogen (secondary N) is 2. The van der Waals surface area contributed by atoms with E-state index in [1.54, 1.807) is 13.2 Å². The summed E-state index contributed by atoms with van der Waals surface area (Å²) in [5.74, 6) is 2.10. The van der Waals surface area contributed by atoms with Crippen molar-refractivity contribution in [1.82, 2.24) is 10.2 Å². The molecule has 0 aliphatic heterocycles. The lowest BCUT2D eigenvalue weighted by Gasteiger charge is -2.14. The van der Waals surface area contributed by atoms with Crippen molar-refractivity contribution in [3.8, 4) is 23.3 Å². The SMILES string of the molecule is CC(C)(C)c1nnc(NC(=O)CC#N)s1.CNc1ccc(OCCCOc2c(C)cccc2C)c(OC)c1. The summed E-state index contributed by atoms with van der Waals surface area (Å²) in [6, 6.07) is 13.7. The number of carbonyl (C=O) groups is 1. The van der Waals surface area contributed by atoms with Crippen LogP contribution < -0.4 is 24.8 Å². The molecule has 0 atom stereocenters. The first-order valence-electron chi connectivity index (χ1n) is 12.3. The van der Waals surface area contributed by atoms with Gasteiger partial charge in [0.15, 0.2) is 11.5 Å². The number of rotatable bonds is 10. The van der Waals surface area contributed by atoms with Crippen LogP contribution in [0.5, 0.6) is 17.2 Å². The second-order valence-corrected chi connectivity index (χ2v) is 10.4. The Kier molecular flexibility index (Phi) is 11.8. The molecule has 3 aromatic rings. The molecule has 0 bridgehead atoms. The number of carbonyl (C=O) groups excluding carboxylic acids is 1. The summed E-state index contributed by atoms with van der Waals surface area (Å²) in [6.45, 7) is 11.4. The molecular weight excluding hydrogens is 502 g/mol. The number of para-hydroxylation sites is 1. The van der Waals surface area contributed by atoms with Crippen molar-refractivity contribution in [1.29, 1.82) is 5.26 Å². The summed E-state index contributed by atoms with van der Waals surface area (Å²) in [6.07, 6.45) is 0.648. The van der Waals surface area contributed by atoms with Gasteiger partial charge in [-0.15, -0.1) is 10.2 Å². The number of hydrogen-bond acceptors (Lipinski definition) is 9. The molecule has 0 aliphatic carbocycles. The smallest absolute Gasteiger partial charge is 0.240 e. The molecule has 38 heavy (non-hydrogen) atoms. The van der Waals surface area contributed by atoms with E-state index in [0.29, 0.717) is 18.3 Å². The standard InChI is InChI=1S/C19H25NO3.C9H12N4OS/c1-14-7-5-8-15(2)19(14)23-12-6-11-22-17-10-9-16(20-3)13-18(17)21-4;1-9(2,3)7-12-13-8(15-7)11-6(14)4-5-10/h5,7-10,13,20H,6,11-12H2,1-4H3;4H2,1-3H3,(H,11,13,14). The fourth-order valence-corrected chi connectivity index (χ4v) is 4.01. The van der Waals surface area contributed by atoms with E-state index in [2.05, 4.69) is 46.8 Å². The maximum Gasteiger partial charge on any atom is 0.240 e. The van der Waals surface area contributed by atoms with E-state index < -0.39 is 0 Å². The number of aromatic nitrogens is 2. The van der Waals surface area contributed by atoms with Crippen LogP contribution in [-0.2, 0) is 10.2 Å². The molecule has 0 saturated carbocycles. The number of benzene rings is 2. The van der Waals surface area contributed by atoms with Crippen LogP contribution in [0.4, 0.5) is 10.8 Å². The largest absolute Gasteiger partial charge is 0.493 e. The quantitative estimate of drug-likeness (QED) is 0.306. The molecule has 10 heteroatoms. The van der Waals surface area contributed by atoms with Crippen molar-refractivity contribution in [2.75, 3.05) is 38.0 Å². The fourth-order valence-electron chi connectivity index (χ4n) is 3.20. The van der Waals surface area contributed by atoms with Crippen molar-refractivity contribution in [2.45, 2.75) is 52.9 Å². The number of nitrogens with zero attached hydrogens (tertiary/aromatic N) is 3. The molecular formula is C28H37N5O4S. The monoisotopic (exact) mass is 539 g/mol. The van der Waals surface area contributed by atoms with Gasteiger partial charge >= 0.3 is 0 Å². The van der Waals surface area contributed by atoms with Crippen LogP contribution in [0.15, 0.2) is 36.4 Å². The Labute approximate surface area is 229 Å². The molecule has 0 aliphatic rings. The highest BCUT2D eigenvalue weighted by Crippen LogP contribution is 2.30. The summed E-state index contributed by atoms with van der Waals surface area (Å²) in [7, 11) is 3.52. The minimum atomic E-state index is -0.353. The summed E-state index contributed by atoms with van der Waals surface area (Å²) in [5.41, 5.74) is 3.24. The van der Waals surface area contributed by atoms with Gasteiger partial charge in [0.2, 0.25) is 11.0 Å². The summed E-state index contributed by atoms with van der Waals surface area (Å²) >= 11 is 1.33. The summed E-state index contributed by atoms with van der Waals surface area (Å²) in [4.78, 5) is 11.1. The van der Waals surface area contributed by atoms with E-state index in [0.717, 1.165) is 45.5 Å². The molecule has 0 saturated heterocycles. The Morgan fingerprint density at radius 2 is 1.74 bits per heavy atom. The maximum absolute atomic E-state index is 11.1. The topological polar surface area (TPSA) is 118 Å². The van der Waals surface area contributed by atoms with E-state index >= 15 is 0 Å². The van der Waals surface area contributed by atoms with Gasteiger partial charge in [0.05, 0.1) is 26.4 Å². The highest BCUT2D eigenvalue weighted by Gasteiger charge is 2.19. The second-order valence-electron chi connectivity index (χ2n) is 9.43. The van der Waals surface area contributed by atoms with E-state index in [1.165, 1.54) is 11.3 Å². The first kappa shape index (κ1) is 30.4. The third kappa shape index (κ3) is 9.56. The summed E-state index contributed by atoms with van der Waals surface area (Å²) in [5, 5.41) is 23.0. The zero-order valence-electron chi connectivity index (χ0n) is 23.2. The van der Waals surface area contributed by atoms with Crippen LogP contribution in [0.3, 0.4) is 0 Å². The Hall–Kier alpha value is -3.84. The maximum atomic E-state index is 11.1. The van der Waals surface area contributed by atoms with Gasteiger partial charge in [0.25, 0.3) is 0 Å². The molecule has 0 fully saturated rings. The number of methoxy groups -OCH3 is 1. The van der Waals surface area contributed by atoms with Crippen molar-refractivity contribution in [2.24, 2.45) is 0 Å². The molecule has 9 nitrogen and oxygen atoms in total. The lowest BCUT2D eigenvalue weighted by Crippen LogP contribution is -2.10. The van der Waals surface area contributed by atoms with E-state index in [9.17, 15) is 4.79 Å². The highest BCUT2D eigenvalue weighted by molar-refractivity contribution is 7.15. The van der Waals surface area contributed by atoms with Crippen LogP contribution >= 0.6 is 11.3 Å². The zero-order valence-corrected chi connectivity index (χ0v) is 24.0. The Bertz CT molecular complexity index is 1210. The third-order valence-corrected chi connectivity index (χ3v) is 6.47. The second kappa shape index (κ2) is 14.8. The predicted molar refractivity (Wildman–Crippen MR) is 152 cm³/mol. The van der Waals surface area contributed by atoms with E-state index in [-0.39, 0.29) is 17.7 Å². The molecule has 204 valence electrons. The molecule has 3 rings (SSSR count).